The van der Waals surface area contributed by atoms with Gasteiger partial charge in [-0.15, -0.1) is 0 Å². The van der Waals surface area contributed by atoms with Gasteiger partial charge in [0.25, 0.3) is 0 Å². The first-order valence-electron chi connectivity index (χ1n) is 6.61. The summed E-state index contributed by atoms with van der Waals surface area (Å²) in [6.45, 7) is 5.60. The number of methoxy groups -OCH3 is 1. The summed E-state index contributed by atoms with van der Waals surface area (Å²) in [4.78, 5) is 23.2. The van der Waals surface area contributed by atoms with Crippen LogP contribution < -0.4 is 15.4 Å². The summed E-state index contributed by atoms with van der Waals surface area (Å²) < 4.78 is 5.13. The van der Waals surface area contributed by atoms with E-state index in [1.165, 1.54) is 6.92 Å². The lowest BCUT2D eigenvalue weighted by atomic mass is 10.0. The molecule has 2 amide bonds. The Kier molecular flexibility index (Phi) is 6.03. The predicted octanol–water partition coefficient (Wildman–Crippen LogP) is 1.47. The van der Waals surface area contributed by atoms with Crippen LogP contribution >= 0.6 is 0 Å². The third kappa shape index (κ3) is 4.91. The first-order valence-corrected chi connectivity index (χ1v) is 6.61. The first-order chi connectivity index (χ1) is 9.43. The third-order valence-corrected chi connectivity index (χ3v) is 2.91. The third-order valence-electron chi connectivity index (χ3n) is 2.91. The molecule has 5 nitrogen and oxygen atoms in total. The molecule has 2 N–H and O–H groups in total. The number of amides is 2. The van der Waals surface area contributed by atoms with Crippen molar-refractivity contribution in [2.24, 2.45) is 5.92 Å². The largest absolute Gasteiger partial charge is 0.497 e. The van der Waals surface area contributed by atoms with Crippen molar-refractivity contribution in [3.63, 3.8) is 0 Å². The molecule has 20 heavy (non-hydrogen) atoms. The Hall–Kier alpha value is -2.04. The van der Waals surface area contributed by atoms with Gasteiger partial charge >= 0.3 is 0 Å². The Morgan fingerprint density at radius 2 is 2.00 bits per heavy atom. The maximum absolute atomic E-state index is 12.1. The van der Waals surface area contributed by atoms with Crippen molar-refractivity contribution in [3.05, 3.63) is 29.8 Å². The maximum atomic E-state index is 12.1. The lowest BCUT2D eigenvalue weighted by molar-refractivity contribution is -0.129. The van der Waals surface area contributed by atoms with E-state index in [-0.39, 0.29) is 17.7 Å². The second-order valence-corrected chi connectivity index (χ2v) is 4.99. The first kappa shape index (κ1) is 16.0. The topological polar surface area (TPSA) is 67.4 Å². The van der Waals surface area contributed by atoms with Crippen molar-refractivity contribution < 1.29 is 14.3 Å². The van der Waals surface area contributed by atoms with E-state index < -0.39 is 6.04 Å². The van der Waals surface area contributed by atoms with Gasteiger partial charge in [-0.3, -0.25) is 9.59 Å². The fraction of sp³-hybridized carbons (Fsp3) is 0.467. The Morgan fingerprint density at radius 1 is 1.30 bits per heavy atom. The van der Waals surface area contributed by atoms with Gasteiger partial charge in [0.15, 0.2) is 0 Å². The standard InChI is InChI=1S/C15H22N2O3/c1-10(2)14(17-11(3)18)15(19)16-9-12-6-5-7-13(8-12)20-4/h5-8,10,14H,9H2,1-4H3,(H,16,19)(H,17,18)/t14-/m1/s1. The molecule has 1 atom stereocenters. The zero-order valence-corrected chi connectivity index (χ0v) is 12.4. The van der Waals surface area contributed by atoms with Crippen LogP contribution in [0.2, 0.25) is 0 Å². The second kappa shape index (κ2) is 7.53. The number of carbonyl (C=O) groups excluding carboxylic acids is 2. The molecule has 1 aromatic carbocycles. The number of rotatable bonds is 6. The van der Waals surface area contributed by atoms with Crippen molar-refractivity contribution >= 4 is 11.8 Å². The van der Waals surface area contributed by atoms with Crippen LogP contribution in [-0.4, -0.2) is 25.0 Å². The van der Waals surface area contributed by atoms with Crippen LogP contribution in [0.3, 0.4) is 0 Å². The highest BCUT2D eigenvalue weighted by Gasteiger charge is 2.22. The normalized spacial score (nSPS) is 11.8. The van der Waals surface area contributed by atoms with E-state index in [1.54, 1.807) is 7.11 Å². The SMILES string of the molecule is COc1cccc(CNC(=O)[C@H](NC(C)=O)C(C)C)c1. The molecule has 0 aliphatic rings. The molecule has 0 aliphatic heterocycles. The number of nitrogens with one attached hydrogen (secondary N) is 2. The van der Waals surface area contributed by atoms with Gasteiger partial charge in [-0.25, -0.2) is 0 Å². The van der Waals surface area contributed by atoms with Crippen molar-refractivity contribution in [2.45, 2.75) is 33.4 Å². The van der Waals surface area contributed by atoms with E-state index in [2.05, 4.69) is 10.6 Å². The number of hydrogen-bond acceptors (Lipinski definition) is 3. The Bertz CT molecular complexity index is 472. The zero-order chi connectivity index (χ0) is 15.1. The molecule has 0 aliphatic carbocycles. The average molecular weight is 278 g/mol. The summed E-state index contributed by atoms with van der Waals surface area (Å²) in [6.07, 6.45) is 0. The van der Waals surface area contributed by atoms with Gasteiger partial charge in [-0.1, -0.05) is 26.0 Å². The van der Waals surface area contributed by atoms with Crippen LogP contribution in [0.5, 0.6) is 5.75 Å². The van der Waals surface area contributed by atoms with Gasteiger partial charge in [0.05, 0.1) is 7.11 Å². The minimum atomic E-state index is -0.516. The Labute approximate surface area is 119 Å². The predicted molar refractivity (Wildman–Crippen MR) is 77.3 cm³/mol. The lowest BCUT2D eigenvalue weighted by Gasteiger charge is -2.21. The number of hydrogen-bond donors (Lipinski definition) is 2. The van der Waals surface area contributed by atoms with Crippen LogP contribution in [0.15, 0.2) is 24.3 Å². The molecule has 1 rings (SSSR count). The van der Waals surface area contributed by atoms with Crippen LogP contribution in [0.25, 0.3) is 0 Å². The van der Waals surface area contributed by atoms with Crippen LogP contribution in [-0.2, 0) is 16.1 Å². The number of carbonyl (C=O) groups is 2. The molecule has 0 radical (unpaired) electrons. The second-order valence-electron chi connectivity index (χ2n) is 4.99. The molecule has 5 heteroatoms. The highest BCUT2D eigenvalue weighted by atomic mass is 16.5. The van der Waals surface area contributed by atoms with Crippen LogP contribution in [0.4, 0.5) is 0 Å². The summed E-state index contributed by atoms with van der Waals surface area (Å²) in [6, 6.07) is 6.97. The molecular weight excluding hydrogens is 256 g/mol. The minimum absolute atomic E-state index is 0.0317. The summed E-state index contributed by atoms with van der Waals surface area (Å²) in [5.41, 5.74) is 0.947. The molecule has 0 saturated heterocycles. The van der Waals surface area contributed by atoms with Gasteiger partial charge < -0.3 is 15.4 Å². The van der Waals surface area contributed by atoms with E-state index >= 15 is 0 Å². The van der Waals surface area contributed by atoms with Gasteiger partial charge in [0, 0.05) is 13.5 Å². The van der Waals surface area contributed by atoms with E-state index in [1.807, 2.05) is 38.1 Å². The molecule has 0 unspecified atom stereocenters. The van der Waals surface area contributed by atoms with Gasteiger partial charge in [-0.05, 0) is 23.6 Å². The Morgan fingerprint density at radius 3 is 2.55 bits per heavy atom. The van der Waals surface area contributed by atoms with Gasteiger partial charge in [-0.2, -0.15) is 0 Å². The van der Waals surface area contributed by atoms with E-state index in [4.69, 9.17) is 4.74 Å². The van der Waals surface area contributed by atoms with E-state index in [9.17, 15) is 9.59 Å². The average Bonchev–Trinajstić information content (AvgIpc) is 2.42. The molecular formula is C15H22N2O3. The van der Waals surface area contributed by atoms with Crippen molar-refractivity contribution in [2.75, 3.05) is 7.11 Å². The molecule has 0 bridgehead atoms. The van der Waals surface area contributed by atoms with Gasteiger partial charge in [0.2, 0.25) is 11.8 Å². The summed E-state index contributed by atoms with van der Waals surface area (Å²) in [7, 11) is 1.60. The quantitative estimate of drug-likeness (QED) is 0.828. The van der Waals surface area contributed by atoms with Gasteiger partial charge in [0.1, 0.15) is 11.8 Å². The van der Waals surface area contributed by atoms with Crippen molar-refractivity contribution in [3.8, 4) is 5.75 Å². The van der Waals surface area contributed by atoms with Crippen molar-refractivity contribution in [1.82, 2.24) is 10.6 Å². The highest BCUT2D eigenvalue weighted by Crippen LogP contribution is 2.12. The molecule has 0 heterocycles. The molecule has 0 spiro atoms. The summed E-state index contributed by atoms with van der Waals surface area (Å²) in [5, 5.41) is 5.49. The summed E-state index contributed by atoms with van der Waals surface area (Å²) >= 11 is 0. The molecule has 0 saturated carbocycles. The zero-order valence-electron chi connectivity index (χ0n) is 12.4. The molecule has 1 aromatic rings. The van der Waals surface area contributed by atoms with E-state index in [0.717, 1.165) is 11.3 Å². The number of ether oxygens (including phenoxy) is 1. The van der Waals surface area contributed by atoms with Crippen LogP contribution in [0.1, 0.15) is 26.3 Å². The number of benzene rings is 1. The lowest BCUT2D eigenvalue weighted by Crippen LogP contribution is -2.48. The molecule has 110 valence electrons. The van der Waals surface area contributed by atoms with Crippen LogP contribution in [0, 0.1) is 5.92 Å². The Balaban J connectivity index is 2.62. The van der Waals surface area contributed by atoms with E-state index in [0.29, 0.717) is 6.54 Å². The molecule has 0 aromatic heterocycles. The smallest absolute Gasteiger partial charge is 0.243 e. The van der Waals surface area contributed by atoms with Crippen molar-refractivity contribution in [1.29, 1.82) is 0 Å². The molecule has 0 fully saturated rings. The summed E-state index contributed by atoms with van der Waals surface area (Å²) in [5.74, 6) is 0.390. The monoisotopic (exact) mass is 278 g/mol. The minimum Gasteiger partial charge on any atom is -0.497 e. The fourth-order valence-electron chi connectivity index (χ4n) is 1.84. The fourth-order valence-corrected chi connectivity index (χ4v) is 1.84. The highest BCUT2D eigenvalue weighted by molar-refractivity contribution is 5.87. The maximum Gasteiger partial charge on any atom is 0.243 e.